The van der Waals surface area contributed by atoms with Crippen LogP contribution >= 0.6 is 0 Å². The molecule has 15 nitrogen and oxygen atoms in total. The van der Waals surface area contributed by atoms with Crippen molar-refractivity contribution in [1.82, 2.24) is 39.1 Å². The molecule has 4 aromatic heterocycles. The number of benzene rings is 3. The second-order valence-electron chi connectivity index (χ2n) is 13.7. The number of nitrogens with one attached hydrogen (secondary N) is 1. The minimum atomic E-state index is -3.10. The first-order chi connectivity index (χ1) is 28.1. The largest absolute Gasteiger partial charge is 0.434 e. The van der Waals surface area contributed by atoms with Crippen LogP contribution in [-0.2, 0) is 30.1 Å². The van der Waals surface area contributed by atoms with Crippen LogP contribution in [0, 0.1) is 5.82 Å². The van der Waals surface area contributed by atoms with Crippen molar-refractivity contribution in [1.29, 1.82) is 0 Å². The van der Waals surface area contributed by atoms with Gasteiger partial charge in [0.15, 0.2) is 0 Å². The highest BCUT2D eigenvalue weighted by atomic mass is 19.3. The third kappa shape index (κ3) is 7.88. The van der Waals surface area contributed by atoms with Gasteiger partial charge in [-0.3, -0.25) is 28.7 Å². The van der Waals surface area contributed by atoms with Crippen molar-refractivity contribution < 1.29 is 27.4 Å². The van der Waals surface area contributed by atoms with Crippen molar-refractivity contribution in [2.24, 2.45) is 14.1 Å². The van der Waals surface area contributed by atoms with Gasteiger partial charge in [0.25, 0.3) is 11.1 Å². The van der Waals surface area contributed by atoms with E-state index in [4.69, 9.17) is 9.47 Å². The molecular weight excluding hydrogens is 757 g/mol. The van der Waals surface area contributed by atoms with Gasteiger partial charge in [-0.15, -0.1) is 0 Å². The SMILES string of the molecule is Cn1[nH]c2cc(-c3cnc(N4CCOCC4)nc3)ccc2c1=O.Cn1c(=O)c2ccc(-c3cnc(N4CCOCC4)nc3)cc2n1Cc1c(F)cccc1OC(F)F. The minimum Gasteiger partial charge on any atom is -0.434 e. The van der Waals surface area contributed by atoms with Crippen molar-refractivity contribution in [3.8, 4) is 28.0 Å². The summed E-state index contributed by atoms with van der Waals surface area (Å²) in [5.74, 6) is 0.352. The van der Waals surface area contributed by atoms with Crippen LogP contribution in [-0.4, -0.2) is 98.3 Å². The van der Waals surface area contributed by atoms with Crippen LogP contribution in [0.3, 0.4) is 0 Å². The number of hydrogen-bond acceptors (Lipinski definition) is 11. The molecule has 7 aromatic rings. The molecule has 9 rings (SSSR count). The Morgan fingerprint density at radius 1 is 0.724 bits per heavy atom. The van der Waals surface area contributed by atoms with Crippen LogP contribution in [0.2, 0.25) is 0 Å². The molecule has 300 valence electrons. The van der Waals surface area contributed by atoms with Crippen LogP contribution in [0.1, 0.15) is 5.56 Å². The van der Waals surface area contributed by atoms with Crippen LogP contribution in [0.15, 0.2) is 89.0 Å². The van der Waals surface area contributed by atoms with E-state index in [1.165, 1.54) is 33.2 Å². The second-order valence-corrected chi connectivity index (χ2v) is 13.7. The number of anilines is 2. The van der Waals surface area contributed by atoms with E-state index in [1.54, 1.807) is 37.6 Å². The fraction of sp³-hybridized carbons (Fsp3) is 0.300. The molecule has 2 aliphatic heterocycles. The normalized spacial score (nSPS) is 14.6. The molecule has 1 N–H and O–H groups in total. The first-order valence-electron chi connectivity index (χ1n) is 18.6. The summed E-state index contributed by atoms with van der Waals surface area (Å²) < 4.78 is 59.9. The lowest BCUT2D eigenvalue weighted by atomic mass is 10.1. The van der Waals surface area contributed by atoms with E-state index < -0.39 is 12.4 Å². The lowest BCUT2D eigenvalue weighted by Gasteiger charge is -2.26. The maximum Gasteiger partial charge on any atom is 0.387 e. The number of hydrogen-bond donors (Lipinski definition) is 1. The monoisotopic (exact) mass is 796 g/mol. The van der Waals surface area contributed by atoms with E-state index in [1.807, 2.05) is 35.5 Å². The Morgan fingerprint density at radius 2 is 1.28 bits per heavy atom. The summed E-state index contributed by atoms with van der Waals surface area (Å²) in [5.41, 5.74) is 4.32. The highest BCUT2D eigenvalue weighted by molar-refractivity contribution is 5.85. The summed E-state index contributed by atoms with van der Waals surface area (Å²) in [7, 11) is 3.25. The molecule has 6 heterocycles. The topological polar surface area (TPSA) is 150 Å². The van der Waals surface area contributed by atoms with Gasteiger partial charge in [-0.25, -0.2) is 24.3 Å². The Balaban J connectivity index is 0.000000176. The molecule has 2 saturated heterocycles. The zero-order valence-electron chi connectivity index (χ0n) is 31.6. The summed E-state index contributed by atoms with van der Waals surface area (Å²) in [4.78, 5) is 46.7. The number of aromatic nitrogens is 8. The van der Waals surface area contributed by atoms with E-state index in [9.17, 15) is 22.8 Å². The van der Waals surface area contributed by atoms with Gasteiger partial charge >= 0.3 is 6.61 Å². The van der Waals surface area contributed by atoms with Crippen molar-refractivity contribution >= 4 is 33.7 Å². The average Bonchev–Trinajstić information content (AvgIpc) is 3.67. The van der Waals surface area contributed by atoms with Crippen molar-refractivity contribution in [3.63, 3.8) is 0 Å². The van der Waals surface area contributed by atoms with Gasteiger partial charge in [0.1, 0.15) is 11.6 Å². The molecule has 0 radical (unpaired) electrons. The molecule has 18 heteroatoms. The summed E-state index contributed by atoms with van der Waals surface area (Å²) in [6.45, 7) is 2.45. The molecule has 0 amide bonds. The Hall–Kier alpha value is -6.53. The van der Waals surface area contributed by atoms with Crippen LogP contribution < -0.4 is 25.7 Å². The molecule has 0 unspecified atom stereocenters. The Kier molecular flexibility index (Phi) is 10.9. The zero-order valence-corrected chi connectivity index (χ0v) is 31.6. The number of aromatic amines is 1. The second kappa shape index (κ2) is 16.5. The quantitative estimate of drug-likeness (QED) is 0.230. The van der Waals surface area contributed by atoms with Crippen LogP contribution in [0.5, 0.6) is 5.75 Å². The van der Waals surface area contributed by atoms with E-state index in [2.05, 4.69) is 34.7 Å². The average molecular weight is 797 g/mol. The van der Waals surface area contributed by atoms with Crippen molar-refractivity contribution in [2.75, 3.05) is 62.4 Å². The number of rotatable bonds is 8. The molecular formula is C40H39F3N10O5. The van der Waals surface area contributed by atoms with E-state index in [0.29, 0.717) is 48.7 Å². The zero-order chi connectivity index (χ0) is 40.3. The van der Waals surface area contributed by atoms with E-state index >= 15 is 0 Å². The third-order valence-corrected chi connectivity index (χ3v) is 10.1. The van der Waals surface area contributed by atoms with E-state index in [-0.39, 0.29) is 29.0 Å². The predicted octanol–water partition coefficient (Wildman–Crippen LogP) is 4.58. The standard InChI is InChI=1S/C24H22F3N5O3.C16H17N5O2/c1-30-22(33)17-6-5-15(16-12-28-24(29-13-16)31-7-9-34-10-8-31)11-20(17)32(30)14-18-19(25)3-2-4-21(18)35-23(26)27;1-20-15(22)13-3-2-11(8-14(13)19-20)12-9-17-16(18-10-12)21-4-6-23-7-5-21/h2-6,11-13,23H,7-10,14H2,1H3;2-3,8-10,19H,4-7H2,1H3. The molecule has 0 bridgehead atoms. The lowest BCUT2D eigenvalue weighted by Crippen LogP contribution is -2.37. The number of fused-ring (bicyclic) bond motifs is 2. The number of halogens is 3. The predicted molar refractivity (Wildman–Crippen MR) is 211 cm³/mol. The molecule has 0 saturated carbocycles. The van der Waals surface area contributed by atoms with E-state index in [0.717, 1.165) is 66.0 Å². The van der Waals surface area contributed by atoms with Gasteiger partial charge in [0.05, 0.1) is 60.3 Å². The van der Waals surface area contributed by atoms with Crippen molar-refractivity contribution in [3.05, 3.63) is 111 Å². The Morgan fingerprint density at radius 3 is 1.84 bits per heavy atom. The van der Waals surface area contributed by atoms with Crippen molar-refractivity contribution in [2.45, 2.75) is 13.2 Å². The van der Waals surface area contributed by atoms with Gasteiger partial charge in [-0.05, 0) is 47.5 Å². The number of H-pyrrole nitrogens is 1. The summed E-state index contributed by atoms with van der Waals surface area (Å²) in [6.07, 6.45) is 7.05. The number of aryl methyl sites for hydroxylation is 1. The number of alkyl halides is 2. The van der Waals surface area contributed by atoms with Gasteiger partial charge in [-0.1, -0.05) is 18.2 Å². The number of nitrogens with zero attached hydrogens (tertiary/aromatic N) is 9. The Labute approximate surface area is 328 Å². The lowest BCUT2D eigenvalue weighted by molar-refractivity contribution is -0.0507. The molecule has 3 aromatic carbocycles. The van der Waals surface area contributed by atoms with Gasteiger partial charge in [-0.2, -0.15) is 8.78 Å². The molecule has 2 aliphatic rings. The summed E-state index contributed by atoms with van der Waals surface area (Å²) in [5, 5.41) is 4.14. The maximum absolute atomic E-state index is 14.6. The fourth-order valence-corrected chi connectivity index (χ4v) is 7.00. The number of ether oxygens (including phenoxy) is 3. The maximum atomic E-state index is 14.6. The first-order valence-corrected chi connectivity index (χ1v) is 18.6. The molecule has 0 aliphatic carbocycles. The molecule has 0 atom stereocenters. The molecule has 2 fully saturated rings. The summed E-state index contributed by atoms with van der Waals surface area (Å²) in [6, 6.07) is 14.7. The van der Waals surface area contributed by atoms with Gasteiger partial charge in [0, 0.05) is 76.2 Å². The molecule has 58 heavy (non-hydrogen) atoms. The van der Waals surface area contributed by atoms with Crippen LogP contribution in [0.25, 0.3) is 44.1 Å². The summed E-state index contributed by atoms with van der Waals surface area (Å²) >= 11 is 0. The smallest absolute Gasteiger partial charge is 0.387 e. The highest BCUT2D eigenvalue weighted by Gasteiger charge is 2.20. The first kappa shape index (κ1) is 38.3. The Bertz CT molecular complexity index is 2670. The highest BCUT2D eigenvalue weighted by Crippen LogP contribution is 2.28. The number of morpholine rings is 2. The van der Waals surface area contributed by atoms with Gasteiger partial charge in [0.2, 0.25) is 11.9 Å². The van der Waals surface area contributed by atoms with Crippen LogP contribution in [0.4, 0.5) is 25.1 Å². The molecule has 0 spiro atoms. The third-order valence-electron chi connectivity index (χ3n) is 10.1. The van der Waals surface area contributed by atoms with Gasteiger partial charge < -0.3 is 24.0 Å². The fourth-order valence-electron chi connectivity index (χ4n) is 7.00. The minimum absolute atomic E-state index is 0.0227.